The Morgan fingerprint density at radius 2 is 1.50 bits per heavy atom. The summed E-state index contributed by atoms with van der Waals surface area (Å²) in [7, 11) is -4.79. The SMILES string of the molecule is CC[N+](CC)(CC)CC.O=C(Oc1ccc(I)cc1)c1ccc(S(=O)(=O)[O-])c(O)c1. The van der Waals surface area contributed by atoms with Crippen LogP contribution in [0.4, 0.5) is 0 Å². The monoisotopic (exact) mass is 549 g/mol. The van der Waals surface area contributed by atoms with Gasteiger partial charge < -0.3 is 18.9 Å². The van der Waals surface area contributed by atoms with Crippen molar-refractivity contribution in [1.82, 2.24) is 0 Å². The first-order valence-corrected chi connectivity index (χ1v) is 12.1. The van der Waals surface area contributed by atoms with E-state index < -0.39 is 26.7 Å². The molecule has 0 unspecified atom stereocenters. The fourth-order valence-corrected chi connectivity index (χ4v) is 3.78. The number of benzene rings is 2. The second-order valence-corrected chi connectivity index (χ2v) is 9.18. The molecule has 0 heterocycles. The molecule has 7 nitrogen and oxygen atoms in total. The molecule has 0 aliphatic heterocycles. The molecule has 0 aliphatic rings. The first kappa shape index (κ1) is 26.3. The van der Waals surface area contributed by atoms with Crippen LogP contribution >= 0.6 is 22.6 Å². The van der Waals surface area contributed by atoms with Crippen molar-refractivity contribution < 1.29 is 32.1 Å². The van der Waals surface area contributed by atoms with Gasteiger partial charge in [0, 0.05) is 3.57 Å². The molecule has 0 aromatic heterocycles. The molecule has 2 aromatic rings. The summed E-state index contributed by atoms with van der Waals surface area (Å²) in [6.45, 7) is 14.2. The number of aromatic hydroxyl groups is 1. The molecule has 1 N–H and O–H groups in total. The second kappa shape index (κ2) is 11.6. The van der Waals surface area contributed by atoms with Crippen molar-refractivity contribution in [3.8, 4) is 11.5 Å². The Kier molecular flexibility index (Phi) is 10.2. The van der Waals surface area contributed by atoms with Gasteiger partial charge in [-0.2, -0.15) is 0 Å². The van der Waals surface area contributed by atoms with Crippen LogP contribution in [0.2, 0.25) is 0 Å². The molecule has 2 aromatic carbocycles. The zero-order valence-electron chi connectivity index (χ0n) is 17.6. The Bertz CT molecular complexity index is 923. The van der Waals surface area contributed by atoms with Crippen molar-refractivity contribution in [3.63, 3.8) is 0 Å². The standard InChI is InChI=1S/C13H9IO6S.C8H20N/c14-9-2-4-10(5-3-9)20-13(16)8-1-6-12(11(15)7-8)21(17,18)19;1-5-9(6-2,7-3)8-4/h1-7,15H,(H,17,18,19);5-8H2,1-4H3/q;+1/p-1. The van der Waals surface area contributed by atoms with Gasteiger partial charge >= 0.3 is 5.97 Å². The van der Waals surface area contributed by atoms with Crippen LogP contribution in [0.15, 0.2) is 47.4 Å². The van der Waals surface area contributed by atoms with Crippen LogP contribution in [0.5, 0.6) is 11.5 Å². The molecule has 0 saturated carbocycles. The van der Waals surface area contributed by atoms with E-state index in [9.17, 15) is 22.9 Å². The Balaban J connectivity index is 0.000000424. The number of hydrogen-bond acceptors (Lipinski definition) is 6. The van der Waals surface area contributed by atoms with Crippen LogP contribution in [0.1, 0.15) is 38.1 Å². The van der Waals surface area contributed by atoms with Gasteiger partial charge in [-0.25, -0.2) is 13.2 Å². The molecule has 0 radical (unpaired) electrons. The van der Waals surface area contributed by atoms with E-state index in [2.05, 4.69) is 50.3 Å². The van der Waals surface area contributed by atoms with Gasteiger partial charge in [0.1, 0.15) is 21.6 Å². The zero-order valence-corrected chi connectivity index (χ0v) is 20.6. The van der Waals surface area contributed by atoms with E-state index in [0.29, 0.717) is 5.75 Å². The van der Waals surface area contributed by atoms with E-state index in [1.165, 1.54) is 30.7 Å². The minimum Gasteiger partial charge on any atom is -0.744 e. The van der Waals surface area contributed by atoms with Crippen molar-refractivity contribution in [3.05, 3.63) is 51.6 Å². The third kappa shape index (κ3) is 7.53. The third-order valence-corrected chi connectivity index (χ3v) is 6.77. The zero-order chi connectivity index (χ0) is 22.9. The Hall–Kier alpha value is -1.69. The van der Waals surface area contributed by atoms with Crippen LogP contribution in [-0.2, 0) is 10.1 Å². The van der Waals surface area contributed by atoms with E-state index in [4.69, 9.17) is 4.74 Å². The number of carbonyl (C=O) groups is 1. The van der Waals surface area contributed by atoms with Crippen LogP contribution < -0.4 is 4.74 Å². The van der Waals surface area contributed by atoms with E-state index >= 15 is 0 Å². The predicted molar refractivity (Wildman–Crippen MR) is 123 cm³/mol. The van der Waals surface area contributed by atoms with Gasteiger partial charge in [0.25, 0.3) is 0 Å². The molecule has 0 atom stereocenters. The number of rotatable bonds is 7. The average Bonchev–Trinajstić information content (AvgIpc) is 2.71. The van der Waals surface area contributed by atoms with Crippen molar-refractivity contribution in [1.29, 1.82) is 0 Å². The number of hydrogen-bond donors (Lipinski definition) is 1. The number of carbonyl (C=O) groups excluding carboxylic acids is 1. The molecule has 0 saturated heterocycles. The van der Waals surface area contributed by atoms with Gasteiger partial charge in [0.2, 0.25) is 0 Å². The Morgan fingerprint density at radius 3 is 1.87 bits per heavy atom. The largest absolute Gasteiger partial charge is 0.744 e. The summed E-state index contributed by atoms with van der Waals surface area (Å²) in [6, 6.07) is 9.51. The maximum absolute atomic E-state index is 11.8. The van der Waals surface area contributed by atoms with Gasteiger partial charge in [-0.15, -0.1) is 0 Å². The molecular formula is C21H28INO6S. The van der Waals surface area contributed by atoms with Crippen LogP contribution in [0.25, 0.3) is 0 Å². The quantitative estimate of drug-likeness (QED) is 0.184. The smallest absolute Gasteiger partial charge is 0.343 e. The molecule has 9 heteroatoms. The lowest BCUT2D eigenvalue weighted by atomic mass is 10.2. The summed E-state index contributed by atoms with van der Waals surface area (Å²) in [4.78, 5) is 11.1. The van der Waals surface area contributed by atoms with E-state index in [1.807, 2.05) is 0 Å². The normalized spacial score (nSPS) is 11.4. The summed E-state index contributed by atoms with van der Waals surface area (Å²) in [5, 5.41) is 9.49. The summed E-state index contributed by atoms with van der Waals surface area (Å²) in [5.74, 6) is -1.26. The lowest BCUT2D eigenvalue weighted by Gasteiger charge is -2.34. The van der Waals surface area contributed by atoms with Gasteiger partial charge in [-0.1, -0.05) is 0 Å². The molecule has 30 heavy (non-hydrogen) atoms. The maximum Gasteiger partial charge on any atom is 0.343 e. The summed E-state index contributed by atoms with van der Waals surface area (Å²) < 4.78 is 39.8. The van der Waals surface area contributed by atoms with Crippen LogP contribution in [0.3, 0.4) is 0 Å². The number of nitrogens with zero attached hydrogens (tertiary/aromatic N) is 1. The molecule has 0 spiro atoms. The van der Waals surface area contributed by atoms with Gasteiger partial charge in [0.05, 0.1) is 36.6 Å². The van der Waals surface area contributed by atoms with Crippen LogP contribution in [0, 0.1) is 3.57 Å². The predicted octanol–water partition coefficient (Wildman–Crippen LogP) is 4.00. The number of esters is 1. The highest BCUT2D eigenvalue weighted by atomic mass is 127. The number of phenols is 1. The topological polar surface area (TPSA) is 104 Å². The summed E-state index contributed by atoms with van der Waals surface area (Å²) in [5.41, 5.74) is -0.0709. The number of phenolic OH excluding ortho intramolecular Hbond substituents is 1. The van der Waals surface area contributed by atoms with E-state index in [-0.39, 0.29) is 5.56 Å². The van der Waals surface area contributed by atoms with E-state index in [1.54, 1.807) is 24.3 Å². The first-order chi connectivity index (χ1) is 14.0. The highest BCUT2D eigenvalue weighted by Gasteiger charge is 2.16. The Morgan fingerprint density at radius 1 is 1.00 bits per heavy atom. The van der Waals surface area contributed by atoms with Gasteiger partial charge in [-0.3, -0.25) is 0 Å². The molecular weight excluding hydrogens is 521 g/mol. The first-order valence-electron chi connectivity index (χ1n) is 9.63. The lowest BCUT2D eigenvalue weighted by molar-refractivity contribution is -0.921. The average molecular weight is 549 g/mol. The summed E-state index contributed by atoms with van der Waals surface area (Å²) in [6.07, 6.45) is 0. The van der Waals surface area contributed by atoms with Crippen molar-refractivity contribution >= 4 is 38.7 Å². The van der Waals surface area contributed by atoms with E-state index in [0.717, 1.165) is 21.8 Å². The molecule has 166 valence electrons. The molecule has 0 bridgehead atoms. The van der Waals surface area contributed by atoms with Gasteiger partial charge in [0.15, 0.2) is 0 Å². The second-order valence-electron chi connectivity index (χ2n) is 6.59. The van der Waals surface area contributed by atoms with Crippen molar-refractivity contribution in [2.24, 2.45) is 0 Å². The molecule has 0 amide bonds. The molecule has 0 aliphatic carbocycles. The Labute approximate surface area is 192 Å². The highest BCUT2D eigenvalue weighted by molar-refractivity contribution is 14.1. The minimum absolute atomic E-state index is 0.0709. The van der Waals surface area contributed by atoms with Crippen molar-refractivity contribution in [2.45, 2.75) is 32.6 Å². The molecule has 0 fully saturated rings. The number of quaternary nitrogens is 1. The number of ether oxygens (including phenoxy) is 1. The number of halogens is 1. The molecule has 2 rings (SSSR count). The maximum atomic E-state index is 11.8. The minimum atomic E-state index is -4.79. The fourth-order valence-electron chi connectivity index (χ4n) is 2.87. The third-order valence-electron chi connectivity index (χ3n) is 5.17. The summed E-state index contributed by atoms with van der Waals surface area (Å²) >= 11 is 2.10. The lowest BCUT2D eigenvalue weighted by Crippen LogP contribution is -2.47. The fraction of sp³-hybridized carbons (Fsp3) is 0.381. The van der Waals surface area contributed by atoms with Crippen LogP contribution in [-0.4, -0.2) is 54.7 Å². The van der Waals surface area contributed by atoms with Gasteiger partial charge in [-0.05, 0) is 92.8 Å². The van der Waals surface area contributed by atoms with Crippen molar-refractivity contribution in [2.75, 3.05) is 26.2 Å². The highest BCUT2D eigenvalue weighted by Crippen LogP contribution is 2.24.